The first-order valence-corrected chi connectivity index (χ1v) is 21.9. The summed E-state index contributed by atoms with van der Waals surface area (Å²) in [6.07, 6.45) is 4.88. The minimum absolute atomic E-state index is 0.0606. The van der Waals surface area contributed by atoms with Gasteiger partial charge >= 0.3 is 22.3 Å². The second-order valence-corrected chi connectivity index (χ2v) is 19.4. The van der Waals surface area contributed by atoms with Gasteiger partial charge in [0.15, 0.2) is 6.10 Å². The standard InChI is InChI=1S/C32H49NO9.C10H10O3.H2O4S/c1-6-18(3)25(35)41-24-11-12-26(4)19-8-9-20-28(37)13-23(34)31(39)21(29(28,38)16-30(20,26)42-32(19,24)40)15-33-14-17(2)7-10-22(33)27(31,5)36;1-13-9-5-3-2-4-8(9)6-7-10(11)12;1-5(2,3)4/h6,17,19-24,34,36-40H,7-16H2,1-5H3;2-7H,1H3,(H,11,12);(H2,1,2,3,4). The average Bonchev–Trinajstić information content (AvgIpc) is 3.33. The molecule has 1 aromatic carbocycles. The van der Waals surface area contributed by atoms with Crippen molar-refractivity contribution in [3.05, 3.63) is 47.6 Å². The van der Waals surface area contributed by atoms with E-state index in [0.717, 1.165) is 18.1 Å². The number of aliphatic carboxylic acids is 1. The second kappa shape index (κ2) is 15.7. The van der Waals surface area contributed by atoms with E-state index in [-0.39, 0.29) is 25.4 Å². The number of piperidine rings is 2. The molecule has 3 heterocycles. The number of carbonyl (C=O) groups is 2. The summed E-state index contributed by atoms with van der Waals surface area (Å²) >= 11 is 0. The first kappa shape index (κ1) is 46.5. The van der Waals surface area contributed by atoms with E-state index in [1.165, 1.54) is 6.08 Å². The molecular weight excluding hydrogens is 807 g/mol. The predicted molar refractivity (Wildman–Crippen MR) is 213 cm³/mol. The molecule has 9 N–H and O–H groups in total. The second-order valence-electron chi connectivity index (χ2n) is 18.5. The van der Waals surface area contributed by atoms with Crippen LogP contribution in [0, 0.1) is 29.1 Å². The molecule has 4 aliphatic carbocycles. The number of hydrogen-bond acceptors (Lipinski definition) is 14. The summed E-state index contributed by atoms with van der Waals surface area (Å²) in [5.74, 6) is -4.35. The number of allylic oxidation sites excluding steroid dienone is 1. The average molecular weight is 868 g/mol. The van der Waals surface area contributed by atoms with Gasteiger partial charge in [-0.1, -0.05) is 38.1 Å². The fourth-order valence-electron chi connectivity index (χ4n) is 12.7. The number of benzene rings is 1. The molecule has 336 valence electrons. The van der Waals surface area contributed by atoms with Crippen LogP contribution in [0.4, 0.5) is 0 Å². The molecule has 4 saturated carbocycles. The highest BCUT2D eigenvalue weighted by atomic mass is 32.3. The number of ether oxygens (including phenoxy) is 3. The van der Waals surface area contributed by atoms with Crippen LogP contribution in [-0.4, -0.2) is 142 Å². The Morgan fingerprint density at radius 2 is 1.57 bits per heavy atom. The Morgan fingerprint density at radius 1 is 0.933 bits per heavy atom. The van der Waals surface area contributed by atoms with Crippen molar-refractivity contribution in [1.82, 2.24) is 4.90 Å². The normalized spacial score (nSPS) is 45.4. The molecule has 17 nitrogen and oxygen atoms in total. The maximum absolute atomic E-state index is 12.9. The largest absolute Gasteiger partial charge is 0.496 e. The lowest BCUT2D eigenvalue weighted by Gasteiger charge is -2.68. The number of aliphatic hydroxyl groups excluding tert-OH is 1. The number of rotatable bonds is 5. The van der Waals surface area contributed by atoms with Crippen molar-refractivity contribution in [2.75, 3.05) is 20.2 Å². The van der Waals surface area contributed by atoms with E-state index in [1.807, 2.05) is 19.1 Å². The molecule has 0 radical (unpaired) electrons. The van der Waals surface area contributed by atoms with Crippen LogP contribution in [0.1, 0.15) is 91.5 Å². The Balaban J connectivity index is 0.000000280. The molecule has 14 atom stereocenters. The van der Waals surface area contributed by atoms with Gasteiger partial charge in [-0.3, -0.25) is 14.0 Å². The highest BCUT2D eigenvalue weighted by Crippen LogP contribution is 2.78. The molecule has 7 aliphatic rings. The molecule has 1 spiro atoms. The SMILES string of the molecule is CC=C(C)C(=O)OC1CCC2(C)C3CCC4C5(O)CC(O)C6(O)C(CN7CC(C)CCC7C6(C)O)C5(O)CC42OC13O.COc1ccccc1C=CC(=O)O.O=S(=O)(O)O. The summed E-state index contributed by atoms with van der Waals surface area (Å²) in [4.78, 5) is 25.1. The van der Waals surface area contributed by atoms with Crippen LogP contribution in [0.5, 0.6) is 5.75 Å². The smallest absolute Gasteiger partial charge is 0.394 e. The molecule has 3 saturated heterocycles. The third-order valence-corrected chi connectivity index (χ3v) is 15.6. The van der Waals surface area contributed by atoms with Gasteiger partial charge in [-0.15, -0.1) is 0 Å². The molecule has 60 heavy (non-hydrogen) atoms. The Bertz CT molecular complexity index is 2000. The van der Waals surface area contributed by atoms with E-state index in [4.69, 9.17) is 36.8 Å². The number of nitrogens with zero attached hydrogens (tertiary/aromatic N) is 1. The van der Waals surface area contributed by atoms with Crippen molar-refractivity contribution < 1.29 is 77.1 Å². The quantitative estimate of drug-likeness (QED) is 0.116. The summed E-state index contributed by atoms with van der Waals surface area (Å²) in [5.41, 5.74) is -8.20. The van der Waals surface area contributed by atoms with Gasteiger partial charge < -0.3 is 50.0 Å². The number of aliphatic hydroxyl groups is 6. The van der Waals surface area contributed by atoms with E-state index >= 15 is 0 Å². The number of hydrogen-bond donors (Lipinski definition) is 9. The molecule has 3 aliphatic heterocycles. The van der Waals surface area contributed by atoms with Crippen molar-refractivity contribution >= 4 is 28.4 Å². The third-order valence-electron chi connectivity index (χ3n) is 15.6. The third kappa shape index (κ3) is 7.03. The van der Waals surface area contributed by atoms with Crippen LogP contribution >= 0.6 is 0 Å². The van der Waals surface area contributed by atoms with E-state index in [2.05, 4.69) is 11.8 Å². The molecule has 1 aromatic rings. The summed E-state index contributed by atoms with van der Waals surface area (Å²) in [7, 11) is -3.12. The van der Waals surface area contributed by atoms with Gasteiger partial charge in [-0.25, -0.2) is 9.59 Å². The predicted octanol–water partition coefficient (Wildman–Crippen LogP) is 2.13. The fraction of sp³-hybridized carbons (Fsp3) is 0.714. The molecular formula is C42H61NO16S. The maximum atomic E-state index is 12.9. The van der Waals surface area contributed by atoms with Crippen molar-refractivity contribution in [3.63, 3.8) is 0 Å². The number of esters is 1. The number of methoxy groups -OCH3 is 1. The van der Waals surface area contributed by atoms with Gasteiger partial charge in [0.1, 0.15) is 28.2 Å². The Labute approximate surface area is 350 Å². The summed E-state index contributed by atoms with van der Waals surface area (Å²) in [6, 6.07) is 6.84. The zero-order valence-corrected chi connectivity index (χ0v) is 35.7. The molecule has 0 amide bonds. The number of carbonyl (C=O) groups excluding carboxylic acids is 1. The molecule has 14 unspecified atom stereocenters. The molecule has 0 aromatic heterocycles. The van der Waals surface area contributed by atoms with E-state index in [1.54, 1.807) is 46.1 Å². The Hall–Kier alpha value is -3.01. The highest BCUT2D eigenvalue weighted by Gasteiger charge is 2.88. The fourth-order valence-corrected chi connectivity index (χ4v) is 12.7. The van der Waals surface area contributed by atoms with E-state index < -0.39 is 91.5 Å². The minimum Gasteiger partial charge on any atom is -0.496 e. The number of fused-ring (bicyclic) bond motifs is 5. The zero-order chi connectivity index (χ0) is 44.6. The Kier molecular flexibility index (Phi) is 12.1. The first-order chi connectivity index (χ1) is 27.7. The molecule has 4 bridgehead atoms. The summed E-state index contributed by atoms with van der Waals surface area (Å²) in [6.45, 7) is 10.1. The van der Waals surface area contributed by atoms with Gasteiger partial charge in [0.25, 0.3) is 0 Å². The van der Waals surface area contributed by atoms with E-state index in [0.29, 0.717) is 55.9 Å². The van der Waals surface area contributed by atoms with Crippen molar-refractivity contribution in [3.8, 4) is 5.75 Å². The lowest BCUT2D eigenvalue weighted by molar-refractivity contribution is -0.354. The molecule has 8 rings (SSSR count). The minimum atomic E-state index is -4.67. The summed E-state index contributed by atoms with van der Waals surface area (Å²) < 4.78 is 49.2. The number of carboxylic acid groups (broad SMARTS) is 1. The van der Waals surface area contributed by atoms with Gasteiger partial charge in [0.05, 0.1) is 18.8 Å². The van der Waals surface area contributed by atoms with Crippen molar-refractivity contribution in [2.45, 2.75) is 138 Å². The van der Waals surface area contributed by atoms with Gasteiger partial charge in [0, 0.05) is 72.4 Å². The zero-order valence-electron chi connectivity index (χ0n) is 34.9. The first-order valence-electron chi connectivity index (χ1n) is 20.5. The lowest BCUT2D eigenvalue weighted by Crippen LogP contribution is -2.85. The van der Waals surface area contributed by atoms with Crippen LogP contribution in [0.25, 0.3) is 6.08 Å². The van der Waals surface area contributed by atoms with Crippen LogP contribution in [-0.2, 0) is 29.5 Å². The lowest BCUT2D eigenvalue weighted by atomic mass is 9.49. The number of para-hydroxylation sites is 1. The van der Waals surface area contributed by atoms with Gasteiger partial charge in [-0.2, -0.15) is 8.42 Å². The summed E-state index contributed by atoms with van der Waals surface area (Å²) in [5, 5.41) is 82.4. The Morgan fingerprint density at radius 3 is 2.18 bits per heavy atom. The van der Waals surface area contributed by atoms with Crippen LogP contribution in [0.15, 0.2) is 42.0 Å². The van der Waals surface area contributed by atoms with E-state index in [9.17, 15) is 40.2 Å². The number of carboxylic acids is 1. The van der Waals surface area contributed by atoms with Crippen LogP contribution in [0.3, 0.4) is 0 Å². The van der Waals surface area contributed by atoms with Gasteiger partial charge in [0.2, 0.25) is 5.79 Å². The van der Waals surface area contributed by atoms with Crippen LogP contribution in [0.2, 0.25) is 0 Å². The topological polar surface area (TPSA) is 281 Å². The molecule has 7 fully saturated rings. The van der Waals surface area contributed by atoms with Crippen molar-refractivity contribution in [2.24, 2.45) is 29.1 Å². The van der Waals surface area contributed by atoms with Gasteiger partial charge in [-0.05, 0) is 77.4 Å². The molecule has 18 heteroatoms. The van der Waals surface area contributed by atoms with Crippen molar-refractivity contribution in [1.29, 1.82) is 0 Å². The highest BCUT2D eigenvalue weighted by molar-refractivity contribution is 7.79. The monoisotopic (exact) mass is 867 g/mol. The van der Waals surface area contributed by atoms with Crippen LogP contribution < -0.4 is 4.74 Å². The maximum Gasteiger partial charge on any atom is 0.394 e.